The summed E-state index contributed by atoms with van der Waals surface area (Å²) in [7, 11) is 0. The van der Waals surface area contributed by atoms with Crippen LogP contribution in [-0.2, 0) is 9.59 Å². The first kappa shape index (κ1) is 13.9. The molecule has 2 amide bonds. The van der Waals surface area contributed by atoms with Crippen molar-refractivity contribution in [3.8, 4) is 0 Å². The zero-order chi connectivity index (χ0) is 14.5. The molecule has 1 fully saturated rings. The van der Waals surface area contributed by atoms with Gasteiger partial charge in [0.15, 0.2) is 6.04 Å². The molecule has 106 valence electrons. The molecule has 0 radical (unpaired) electrons. The third kappa shape index (κ3) is 3.51. The number of benzene rings is 1. The molecule has 1 aromatic carbocycles. The Kier molecular flexibility index (Phi) is 4.26. The number of piperazine rings is 1. The van der Waals surface area contributed by atoms with Gasteiger partial charge in [0.1, 0.15) is 0 Å². The van der Waals surface area contributed by atoms with Crippen molar-refractivity contribution in [1.29, 1.82) is 0 Å². The van der Waals surface area contributed by atoms with Crippen LogP contribution in [0.4, 0.5) is 11.4 Å². The van der Waals surface area contributed by atoms with E-state index >= 15 is 0 Å². The van der Waals surface area contributed by atoms with Gasteiger partial charge in [-0.1, -0.05) is 0 Å². The minimum Gasteiger partial charge on any atom is -0.345 e. The smallest absolute Gasteiger partial charge is 0.278 e. The van der Waals surface area contributed by atoms with Gasteiger partial charge in [0, 0.05) is 17.8 Å². The van der Waals surface area contributed by atoms with E-state index in [4.69, 9.17) is 0 Å². The van der Waals surface area contributed by atoms with Gasteiger partial charge in [0.2, 0.25) is 5.91 Å². The second kappa shape index (κ2) is 6.11. The summed E-state index contributed by atoms with van der Waals surface area (Å²) in [6, 6.07) is 5.13. The lowest BCUT2D eigenvalue weighted by molar-refractivity contribution is -0.678. The number of nitrogens with one attached hydrogen (secondary N) is 2. The number of hydrogen-bond acceptors (Lipinski definition) is 4. The fourth-order valence-corrected chi connectivity index (χ4v) is 1.97. The predicted molar refractivity (Wildman–Crippen MR) is 69.9 cm³/mol. The number of carbonyl (C=O) groups is 2. The average molecular weight is 279 g/mol. The largest absolute Gasteiger partial charge is 0.345 e. The van der Waals surface area contributed by atoms with Crippen LogP contribution in [0, 0.1) is 10.1 Å². The summed E-state index contributed by atoms with van der Waals surface area (Å²) in [6.07, 6.45) is 0.0722. The van der Waals surface area contributed by atoms with Crippen LogP contribution in [0.3, 0.4) is 0 Å². The Morgan fingerprint density at radius 1 is 1.45 bits per heavy atom. The standard InChI is InChI=1S/C12H14N4O4/c17-11(7-10-12(18)14-6-5-13-10)15-8-1-3-9(4-2-8)16(19)20/h1-4,10,13H,5-7H2,(H,14,18)(H,15,17)/p+1/t10-/m0/s1. The SMILES string of the molecule is O=C(C[C@@H]1[NH2+]CCNC1=O)Nc1ccc([N+](=O)[O-])cc1. The minimum absolute atomic E-state index is 0.0389. The molecular formula is C12H15N4O4+. The second-order valence-corrected chi connectivity index (χ2v) is 4.48. The molecule has 0 aliphatic carbocycles. The molecule has 0 unspecified atom stereocenters. The van der Waals surface area contributed by atoms with Gasteiger partial charge < -0.3 is 16.0 Å². The summed E-state index contributed by atoms with van der Waals surface area (Å²) >= 11 is 0. The van der Waals surface area contributed by atoms with Crippen molar-refractivity contribution in [3.05, 3.63) is 34.4 Å². The number of anilines is 1. The van der Waals surface area contributed by atoms with Crippen LogP contribution in [0.15, 0.2) is 24.3 Å². The molecule has 0 aromatic heterocycles. The number of nitro benzene ring substituents is 1. The first-order valence-corrected chi connectivity index (χ1v) is 6.21. The zero-order valence-corrected chi connectivity index (χ0v) is 10.7. The highest BCUT2D eigenvalue weighted by molar-refractivity contribution is 5.94. The molecule has 20 heavy (non-hydrogen) atoms. The summed E-state index contributed by atoms with van der Waals surface area (Å²) < 4.78 is 0. The summed E-state index contributed by atoms with van der Waals surface area (Å²) in [5.41, 5.74) is 0.430. The number of nitrogens with zero attached hydrogens (tertiary/aromatic N) is 1. The highest BCUT2D eigenvalue weighted by Crippen LogP contribution is 2.15. The van der Waals surface area contributed by atoms with Gasteiger partial charge in [-0.05, 0) is 12.1 Å². The van der Waals surface area contributed by atoms with Crippen LogP contribution in [0.1, 0.15) is 6.42 Å². The predicted octanol–water partition coefficient (Wildman–Crippen LogP) is -1.01. The third-order valence-electron chi connectivity index (χ3n) is 3.00. The summed E-state index contributed by atoms with van der Waals surface area (Å²) in [6.45, 7) is 1.36. The Labute approximate surface area is 114 Å². The van der Waals surface area contributed by atoms with Gasteiger partial charge in [-0.3, -0.25) is 19.7 Å². The van der Waals surface area contributed by atoms with Crippen molar-refractivity contribution in [2.24, 2.45) is 0 Å². The Hall–Kier alpha value is -2.48. The van der Waals surface area contributed by atoms with Gasteiger partial charge in [-0.25, -0.2) is 0 Å². The molecule has 8 nitrogen and oxygen atoms in total. The van der Waals surface area contributed by atoms with Crippen molar-refractivity contribution < 1.29 is 19.8 Å². The lowest BCUT2D eigenvalue weighted by Crippen LogP contribution is -2.96. The minimum atomic E-state index is -0.507. The normalized spacial score (nSPS) is 18.2. The van der Waals surface area contributed by atoms with Gasteiger partial charge in [-0.15, -0.1) is 0 Å². The maximum atomic E-state index is 11.8. The second-order valence-electron chi connectivity index (χ2n) is 4.48. The van der Waals surface area contributed by atoms with E-state index in [1.807, 2.05) is 5.32 Å². The van der Waals surface area contributed by atoms with Gasteiger partial charge >= 0.3 is 0 Å². The van der Waals surface area contributed by atoms with Gasteiger partial charge in [0.25, 0.3) is 11.6 Å². The molecule has 0 saturated carbocycles. The Morgan fingerprint density at radius 3 is 2.75 bits per heavy atom. The molecule has 0 spiro atoms. The molecule has 1 saturated heterocycles. The van der Waals surface area contributed by atoms with Crippen LogP contribution in [0.25, 0.3) is 0 Å². The number of carbonyl (C=O) groups excluding carboxylic acids is 2. The van der Waals surface area contributed by atoms with Crippen molar-refractivity contribution in [2.45, 2.75) is 12.5 Å². The molecule has 4 N–H and O–H groups in total. The van der Waals surface area contributed by atoms with E-state index in [2.05, 4.69) is 10.6 Å². The maximum absolute atomic E-state index is 11.8. The van der Waals surface area contributed by atoms with E-state index in [1.54, 1.807) is 0 Å². The zero-order valence-electron chi connectivity index (χ0n) is 10.7. The lowest BCUT2D eigenvalue weighted by Gasteiger charge is -2.19. The van der Waals surface area contributed by atoms with Crippen molar-refractivity contribution in [1.82, 2.24) is 5.32 Å². The van der Waals surface area contributed by atoms with Crippen LogP contribution >= 0.6 is 0 Å². The van der Waals surface area contributed by atoms with Crippen LogP contribution < -0.4 is 16.0 Å². The van der Waals surface area contributed by atoms with E-state index in [9.17, 15) is 19.7 Å². The fraction of sp³-hybridized carbons (Fsp3) is 0.333. The van der Waals surface area contributed by atoms with Crippen molar-refractivity contribution in [3.63, 3.8) is 0 Å². The third-order valence-corrected chi connectivity index (χ3v) is 3.00. The van der Waals surface area contributed by atoms with Gasteiger partial charge in [0.05, 0.1) is 24.4 Å². The molecule has 1 atom stereocenters. The summed E-state index contributed by atoms with van der Waals surface area (Å²) in [5, 5.41) is 17.6. The average Bonchev–Trinajstić information content (AvgIpc) is 2.42. The number of non-ortho nitro benzene ring substituents is 1. The first-order chi connectivity index (χ1) is 9.56. The van der Waals surface area contributed by atoms with Crippen LogP contribution in [-0.4, -0.2) is 35.9 Å². The first-order valence-electron chi connectivity index (χ1n) is 6.21. The number of nitrogens with two attached hydrogens (primary N) is 1. The molecule has 2 rings (SSSR count). The number of hydrogen-bond donors (Lipinski definition) is 3. The van der Waals surface area contributed by atoms with E-state index < -0.39 is 11.0 Å². The lowest BCUT2D eigenvalue weighted by atomic mass is 10.1. The quantitative estimate of drug-likeness (QED) is 0.483. The van der Waals surface area contributed by atoms with Crippen molar-refractivity contribution in [2.75, 3.05) is 18.4 Å². The van der Waals surface area contributed by atoms with Crippen LogP contribution in [0.2, 0.25) is 0 Å². The van der Waals surface area contributed by atoms with E-state index in [0.29, 0.717) is 12.2 Å². The molecule has 1 aliphatic heterocycles. The summed E-state index contributed by atoms with van der Waals surface area (Å²) in [5.74, 6) is -0.438. The molecular weight excluding hydrogens is 264 g/mol. The number of amides is 2. The highest BCUT2D eigenvalue weighted by atomic mass is 16.6. The van der Waals surface area contributed by atoms with E-state index in [0.717, 1.165) is 6.54 Å². The molecule has 1 aromatic rings. The van der Waals surface area contributed by atoms with Crippen molar-refractivity contribution >= 4 is 23.2 Å². The Morgan fingerprint density at radius 2 is 2.15 bits per heavy atom. The van der Waals surface area contributed by atoms with Crippen LogP contribution in [0.5, 0.6) is 0 Å². The number of rotatable bonds is 4. The number of quaternary nitrogens is 1. The summed E-state index contributed by atoms with van der Waals surface area (Å²) in [4.78, 5) is 33.3. The number of nitro groups is 1. The molecule has 8 heteroatoms. The van der Waals surface area contributed by atoms with E-state index in [-0.39, 0.29) is 23.9 Å². The molecule has 1 heterocycles. The topological polar surface area (TPSA) is 118 Å². The Bertz CT molecular complexity index is 529. The maximum Gasteiger partial charge on any atom is 0.278 e. The van der Waals surface area contributed by atoms with E-state index in [1.165, 1.54) is 24.3 Å². The monoisotopic (exact) mass is 279 g/mol. The highest BCUT2D eigenvalue weighted by Gasteiger charge is 2.27. The Balaban J connectivity index is 1.90. The molecule has 0 bridgehead atoms. The van der Waals surface area contributed by atoms with Gasteiger partial charge in [-0.2, -0.15) is 0 Å². The fourth-order valence-electron chi connectivity index (χ4n) is 1.97. The molecule has 1 aliphatic rings.